The molecule has 2 aromatic rings. The van der Waals surface area contributed by atoms with E-state index in [1.807, 2.05) is 0 Å². The van der Waals surface area contributed by atoms with Crippen molar-refractivity contribution >= 4 is 6.29 Å². The quantitative estimate of drug-likeness (QED) is 0.804. The van der Waals surface area contributed by atoms with Gasteiger partial charge in [-0.15, -0.1) is 0 Å². The number of carbonyl (C=O) groups is 1. The lowest BCUT2D eigenvalue weighted by Gasteiger charge is -2.12. The third kappa shape index (κ3) is 2.27. The number of methoxy groups -OCH3 is 2. The predicted molar refractivity (Wildman–Crippen MR) is 66.1 cm³/mol. The van der Waals surface area contributed by atoms with Crippen LogP contribution >= 0.6 is 0 Å². The van der Waals surface area contributed by atoms with Crippen molar-refractivity contribution in [3.8, 4) is 22.9 Å². The van der Waals surface area contributed by atoms with Gasteiger partial charge in [-0.2, -0.15) is 4.98 Å². The number of rotatable bonds is 5. The van der Waals surface area contributed by atoms with E-state index in [1.54, 1.807) is 12.1 Å². The normalized spacial score (nSPS) is 10.3. The maximum atomic E-state index is 11.0. The van der Waals surface area contributed by atoms with Gasteiger partial charge in [-0.3, -0.25) is 4.79 Å². The van der Waals surface area contributed by atoms with Gasteiger partial charge in [-0.05, 0) is 12.1 Å². The molecule has 0 bridgehead atoms. The van der Waals surface area contributed by atoms with Gasteiger partial charge in [-0.1, -0.05) is 5.16 Å². The first-order valence-electron chi connectivity index (χ1n) is 5.48. The Bertz CT molecular complexity index is 595. The monoisotopic (exact) mass is 263 g/mol. The minimum Gasteiger partial charge on any atom is -0.492 e. The molecule has 7 heteroatoms. The molecular weight excluding hydrogens is 250 g/mol. The molecule has 0 unspecified atom stereocenters. The molecule has 100 valence electrons. The molecule has 0 aliphatic heterocycles. The maximum absolute atomic E-state index is 11.0. The lowest BCUT2D eigenvalue weighted by Crippen LogP contribution is -1.99. The van der Waals surface area contributed by atoms with Crippen molar-refractivity contribution in [2.45, 2.75) is 6.54 Å². The third-order valence-electron chi connectivity index (χ3n) is 2.56. The van der Waals surface area contributed by atoms with Crippen molar-refractivity contribution < 1.29 is 18.8 Å². The van der Waals surface area contributed by atoms with E-state index in [2.05, 4.69) is 10.1 Å². The van der Waals surface area contributed by atoms with E-state index in [0.717, 1.165) is 0 Å². The van der Waals surface area contributed by atoms with Crippen molar-refractivity contribution in [2.24, 2.45) is 5.73 Å². The molecule has 2 rings (SSSR count). The van der Waals surface area contributed by atoms with E-state index in [-0.39, 0.29) is 6.54 Å². The fraction of sp³-hybridized carbons (Fsp3) is 0.250. The van der Waals surface area contributed by atoms with Gasteiger partial charge in [0.1, 0.15) is 0 Å². The van der Waals surface area contributed by atoms with E-state index in [0.29, 0.717) is 40.6 Å². The van der Waals surface area contributed by atoms with Crippen LogP contribution in [0.2, 0.25) is 0 Å². The number of ether oxygens (including phenoxy) is 2. The molecule has 0 aliphatic rings. The summed E-state index contributed by atoms with van der Waals surface area (Å²) in [5, 5.41) is 3.81. The second-order valence-electron chi connectivity index (χ2n) is 3.60. The number of hydrogen-bond acceptors (Lipinski definition) is 7. The molecule has 0 saturated heterocycles. The van der Waals surface area contributed by atoms with Gasteiger partial charge in [-0.25, -0.2) is 0 Å². The van der Waals surface area contributed by atoms with Crippen LogP contribution in [-0.2, 0) is 6.54 Å². The lowest BCUT2D eigenvalue weighted by molar-refractivity contribution is 0.112. The standard InChI is InChI=1S/C12H13N3O4/c1-17-10-7(6-16)3-4-8(11(10)18-2)12-14-9(5-13)19-15-12/h3-4,6H,5,13H2,1-2H3. The van der Waals surface area contributed by atoms with Crippen molar-refractivity contribution in [1.82, 2.24) is 10.1 Å². The Balaban J connectivity index is 2.59. The van der Waals surface area contributed by atoms with Crippen molar-refractivity contribution in [1.29, 1.82) is 0 Å². The number of benzene rings is 1. The number of hydrogen-bond donors (Lipinski definition) is 1. The minimum atomic E-state index is 0.152. The Labute approximate surface area is 109 Å². The average molecular weight is 263 g/mol. The van der Waals surface area contributed by atoms with E-state index < -0.39 is 0 Å². The van der Waals surface area contributed by atoms with Crippen LogP contribution < -0.4 is 15.2 Å². The topological polar surface area (TPSA) is 100 Å². The summed E-state index contributed by atoms with van der Waals surface area (Å²) in [5.41, 5.74) is 6.36. The molecule has 0 spiro atoms. The maximum Gasteiger partial charge on any atom is 0.240 e. The molecular formula is C12H13N3O4. The van der Waals surface area contributed by atoms with Crippen LogP contribution in [-0.4, -0.2) is 30.6 Å². The first kappa shape index (κ1) is 13.0. The summed E-state index contributed by atoms with van der Waals surface area (Å²) in [6.07, 6.45) is 0.687. The Morgan fingerprint density at radius 1 is 1.32 bits per heavy atom. The van der Waals surface area contributed by atoms with E-state index >= 15 is 0 Å². The van der Waals surface area contributed by atoms with Crippen LogP contribution in [0.1, 0.15) is 16.2 Å². The molecule has 7 nitrogen and oxygen atoms in total. The summed E-state index contributed by atoms with van der Waals surface area (Å²) in [4.78, 5) is 15.1. The first-order chi connectivity index (χ1) is 9.24. The molecule has 1 aromatic heterocycles. The predicted octanol–water partition coefficient (Wildman–Crippen LogP) is 1.02. The molecule has 1 aromatic carbocycles. The van der Waals surface area contributed by atoms with Gasteiger partial charge >= 0.3 is 0 Å². The molecule has 2 N–H and O–H groups in total. The van der Waals surface area contributed by atoms with Gasteiger partial charge in [0.05, 0.1) is 31.9 Å². The smallest absolute Gasteiger partial charge is 0.240 e. The Morgan fingerprint density at radius 2 is 2.05 bits per heavy atom. The highest BCUT2D eigenvalue weighted by molar-refractivity contribution is 5.85. The molecule has 0 fully saturated rings. The van der Waals surface area contributed by atoms with Gasteiger partial charge in [0.25, 0.3) is 0 Å². The summed E-state index contributed by atoms with van der Waals surface area (Å²) in [7, 11) is 2.93. The van der Waals surface area contributed by atoms with Gasteiger partial charge in [0.2, 0.25) is 11.7 Å². The highest BCUT2D eigenvalue weighted by Crippen LogP contribution is 2.38. The lowest BCUT2D eigenvalue weighted by atomic mass is 10.1. The Hall–Kier alpha value is -2.41. The Morgan fingerprint density at radius 3 is 2.58 bits per heavy atom. The number of aromatic nitrogens is 2. The van der Waals surface area contributed by atoms with Gasteiger partial charge < -0.3 is 19.7 Å². The van der Waals surface area contributed by atoms with Crippen LogP contribution in [0.3, 0.4) is 0 Å². The van der Waals surface area contributed by atoms with E-state index in [9.17, 15) is 4.79 Å². The third-order valence-corrected chi connectivity index (χ3v) is 2.56. The SMILES string of the molecule is COc1c(C=O)ccc(-c2noc(CN)n2)c1OC. The molecule has 0 amide bonds. The van der Waals surface area contributed by atoms with Crippen molar-refractivity contribution in [2.75, 3.05) is 14.2 Å². The molecule has 0 aliphatic carbocycles. The van der Waals surface area contributed by atoms with Crippen LogP contribution in [0.5, 0.6) is 11.5 Å². The molecule has 0 atom stereocenters. The Kier molecular flexibility index (Phi) is 3.76. The van der Waals surface area contributed by atoms with Crippen LogP contribution in [0.15, 0.2) is 16.7 Å². The number of nitrogens with two attached hydrogens (primary N) is 1. The number of nitrogens with zero attached hydrogens (tertiary/aromatic N) is 2. The molecule has 1 heterocycles. The van der Waals surface area contributed by atoms with E-state index in [4.69, 9.17) is 19.7 Å². The fourth-order valence-electron chi connectivity index (χ4n) is 1.71. The molecule has 0 radical (unpaired) electrons. The zero-order chi connectivity index (χ0) is 13.8. The number of aldehydes is 1. The molecule has 19 heavy (non-hydrogen) atoms. The van der Waals surface area contributed by atoms with Crippen LogP contribution in [0.4, 0.5) is 0 Å². The summed E-state index contributed by atoms with van der Waals surface area (Å²) in [6, 6.07) is 3.26. The molecule has 0 saturated carbocycles. The minimum absolute atomic E-state index is 0.152. The van der Waals surface area contributed by atoms with E-state index in [1.165, 1.54) is 14.2 Å². The summed E-state index contributed by atoms with van der Waals surface area (Å²) >= 11 is 0. The first-order valence-corrected chi connectivity index (χ1v) is 5.48. The van der Waals surface area contributed by atoms with Gasteiger partial charge in [0.15, 0.2) is 17.8 Å². The average Bonchev–Trinajstić information content (AvgIpc) is 2.94. The summed E-state index contributed by atoms with van der Waals surface area (Å²) in [5.74, 6) is 1.34. The zero-order valence-corrected chi connectivity index (χ0v) is 10.5. The zero-order valence-electron chi connectivity index (χ0n) is 10.5. The van der Waals surface area contributed by atoms with Crippen LogP contribution in [0, 0.1) is 0 Å². The highest BCUT2D eigenvalue weighted by atomic mass is 16.5. The van der Waals surface area contributed by atoms with Crippen molar-refractivity contribution in [3.05, 3.63) is 23.6 Å². The van der Waals surface area contributed by atoms with Crippen LogP contribution in [0.25, 0.3) is 11.4 Å². The summed E-state index contributed by atoms with van der Waals surface area (Å²) < 4.78 is 15.4. The second kappa shape index (κ2) is 5.49. The number of carbonyl (C=O) groups excluding carboxylic acids is 1. The highest BCUT2D eigenvalue weighted by Gasteiger charge is 2.19. The summed E-state index contributed by atoms with van der Waals surface area (Å²) in [6.45, 7) is 0.152. The second-order valence-corrected chi connectivity index (χ2v) is 3.60. The van der Waals surface area contributed by atoms with Crippen molar-refractivity contribution in [3.63, 3.8) is 0 Å². The van der Waals surface area contributed by atoms with Gasteiger partial charge in [0, 0.05) is 0 Å². The fourth-order valence-corrected chi connectivity index (χ4v) is 1.71. The largest absolute Gasteiger partial charge is 0.492 e.